The van der Waals surface area contributed by atoms with Crippen LogP contribution in [0.2, 0.25) is 0 Å². The van der Waals surface area contributed by atoms with E-state index in [1.54, 1.807) is 0 Å². The van der Waals surface area contributed by atoms with Gasteiger partial charge in [-0.05, 0) is 18.6 Å². The topological polar surface area (TPSA) is 58.6 Å². The molecule has 160 valence electrons. The normalized spacial score (nSPS) is 11.4. The molecule has 0 atom stereocenters. The van der Waals surface area contributed by atoms with Gasteiger partial charge in [-0.25, -0.2) is 0 Å². The second-order valence-corrected chi connectivity index (χ2v) is 6.88. The summed E-state index contributed by atoms with van der Waals surface area (Å²) in [6.45, 7) is 2.43. The maximum atomic E-state index is 12.3. The molecule has 0 unspecified atom stereocenters. The Kier molecular flexibility index (Phi) is 11.4. The summed E-state index contributed by atoms with van der Waals surface area (Å²) in [5.74, 6) is -2.20. The quantitative estimate of drug-likeness (QED) is 0.356. The van der Waals surface area contributed by atoms with Gasteiger partial charge in [0.1, 0.15) is 11.5 Å². The van der Waals surface area contributed by atoms with E-state index in [9.17, 15) is 23.1 Å². The largest absolute Gasteiger partial charge is 0.573 e. The number of rotatable bonds is 15. The highest BCUT2D eigenvalue weighted by Crippen LogP contribution is 2.29. The molecule has 0 bridgehead atoms. The molecule has 0 aliphatic heterocycles. The van der Waals surface area contributed by atoms with E-state index in [4.69, 9.17) is 4.74 Å². The van der Waals surface area contributed by atoms with E-state index in [-0.39, 0.29) is 17.9 Å². The predicted molar refractivity (Wildman–Crippen MR) is 99.4 cm³/mol. The molecular weight excluding hydrogens is 373 g/mol. The lowest BCUT2D eigenvalue weighted by atomic mass is 10.1. The van der Waals surface area contributed by atoms with E-state index in [0.29, 0.717) is 6.42 Å². The number of aromatic carboxylic acids is 1. The molecule has 0 radical (unpaired) electrons. The van der Waals surface area contributed by atoms with Crippen LogP contribution in [-0.2, 0) is 0 Å². The number of ether oxygens (including phenoxy) is 2. The van der Waals surface area contributed by atoms with Crippen LogP contribution in [0.5, 0.6) is 11.5 Å². The van der Waals surface area contributed by atoms with Gasteiger partial charge in [-0.3, -0.25) is 0 Å². The number of carbonyl (C=O) groups excluding carboxylic acids is 1. The van der Waals surface area contributed by atoms with Gasteiger partial charge in [-0.2, -0.15) is 0 Å². The molecule has 1 aromatic rings. The number of carboxylic acids is 1. The maximum absolute atomic E-state index is 12.3. The van der Waals surface area contributed by atoms with Crippen molar-refractivity contribution in [1.82, 2.24) is 0 Å². The van der Waals surface area contributed by atoms with Gasteiger partial charge in [0.2, 0.25) is 0 Å². The highest BCUT2D eigenvalue weighted by Gasteiger charge is 2.31. The number of benzene rings is 1. The van der Waals surface area contributed by atoms with E-state index < -0.39 is 18.1 Å². The van der Waals surface area contributed by atoms with Gasteiger partial charge in [0.05, 0.1) is 12.6 Å². The second kappa shape index (κ2) is 13.3. The average Bonchev–Trinajstić information content (AvgIpc) is 2.61. The maximum Gasteiger partial charge on any atom is 0.573 e. The summed E-state index contributed by atoms with van der Waals surface area (Å²) >= 11 is 0. The van der Waals surface area contributed by atoms with E-state index >= 15 is 0 Å². The van der Waals surface area contributed by atoms with Crippen LogP contribution in [0, 0.1) is 0 Å². The summed E-state index contributed by atoms with van der Waals surface area (Å²) in [5, 5.41) is 11.1. The summed E-state index contributed by atoms with van der Waals surface area (Å²) in [6, 6.07) is 2.84. The van der Waals surface area contributed by atoms with Gasteiger partial charge >= 0.3 is 6.36 Å². The van der Waals surface area contributed by atoms with Crippen LogP contribution < -0.4 is 14.6 Å². The highest BCUT2D eigenvalue weighted by molar-refractivity contribution is 5.89. The Balaban J connectivity index is 2.26. The third kappa shape index (κ3) is 11.0. The minimum atomic E-state index is -4.85. The summed E-state index contributed by atoms with van der Waals surface area (Å²) in [7, 11) is 0. The Morgan fingerprint density at radius 2 is 1.46 bits per heavy atom. The molecule has 7 heteroatoms. The minimum absolute atomic E-state index is 0.172. The zero-order valence-corrected chi connectivity index (χ0v) is 16.5. The Morgan fingerprint density at radius 3 is 1.96 bits per heavy atom. The van der Waals surface area contributed by atoms with Gasteiger partial charge in [-0.1, -0.05) is 71.1 Å². The van der Waals surface area contributed by atoms with Crippen molar-refractivity contribution in [1.29, 1.82) is 0 Å². The molecule has 0 aliphatic rings. The van der Waals surface area contributed by atoms with E-state index in [2.05, 4.69) is 11.7 Å². The molecule has 1 rings (SSSR count). The van der Waals surface area contributed by atoms with Crippen molar-refractivity contribution in [3.8, 4) is 11.5 Å². The number of alkyl halides is 3. The third-order valence-electron chi connectivity index (χ3n) is 4.41. The highest BCUT2D eigenvalue weighted by atomic mass is 19.4. The monoisotopic (exact) mass is 403 g/mol. The van der Waals surface area contributed by atoms with Gasteiger partial charge in [-0.15, -0.1) is 13.2 Å². The first kappa shape index (κ1) is 24.1. The summed E-state index contributed by atoms with van der Waals surface area (Å²) in [5.41, 5.74) is -0.294. The molecule has 0 fully saturated rings. The number of halogens is 3. The Hall–Kier alpha value is -1.92. The summed E-state index contributed by atoms with van der Waals surface area (Å²) in [6.07, 6.45) is 7.91. The zero-order chi connectivity index (χ0) is 20.8. The number of hydrogen-bond donors (Lipinski definition) is 0. The average molecular weight is 403 g/mol. The lowest BCUT2D eigenvalue weighted by molar-refractivity contribution is -0.274. The van der Waals surface area contributed by atoms with Crippen molar-refractivity contribution in [2.75, 3.05) is 6.61 Å². The fraction of sp³-hybridized carbons (Fsp3) is 0.667. The van der Waals surface area contributed by atoms with Gasteiger partial charge in [0, 0.05) is 11.6 Å². The Morgan fingerprint density at radius 1 is 0.929 bits per heavy atom. The van der Waals surface area contributed by atoms with Crippen molar-refractivity contribution in [3.05, 3.63) is 23.8 Å². The van der Waals surface area contributed by atoms with Crippen LogP contribution in [0.3, 0.4) is 0 Å². The van der Waals surface area contributed by atoms with Gasteiger partial charge in [0.25, 0.3) is 0 Å². The fourth-order valence-electron chi connectivity index (χ4n) is 2.94. The first-order valence-corrected chi connectivity index (χ1v) is 10.1. The molecule has 0 N–H and O–H groups in total. The molecule has 1 aromatic carbocycles. The van der Waals surface area contributed by atoms with Crippen LogP contribution in [0.1, 0.15) is 87.9 Å². The molecule has 0 amide bonds. The number of carbonyl (C=O) groups is 1. The number of hydrogen-bond acceptors (Lipinski definition) is 4. The zero-order valence-electron chi connectivity index (χ0n) is 16.5. The first-order chi connectivity index (χ1) is 13.3. The van der Waals surface area contributed by atoms with Crippen LogP contribution in [0.25, 0.3) is 0 Å². The van der Waals surface area contributed by atoms with E-state index in [1.807, 2.05) is 0 Å². The van der Waals surface area contributed by atoms with Crippen molar-refractivity contribution in [2.24, 2.45) is 0 Å². The number of unbranched alkanes of at least 4 members (excludes halogenated alkanes) is 10. The van der Waals surface area contributed by atoms with Crippen molar-refractivity contribution < 1.29 is 32.5 Å². The van der Waals surface area contributed by atoms with Crippen LogP contribution in [0.4, 0.5) is 13.2 Å². The first-order valence-electron chi connectivity index (χ1n) is 10.1. The summed E-state index contributed by atoms with van der Waals surface area (Å²) in [4.78, 5) is 11.1. The Labute approximate surface area is 165 Å². The second-order valence-electron chi connectivity index (χ2n) is 6.88. The van der Waals surface area contributed by atoms with Gasteiger partial charge < -0.3 is 19.4 Å². The smallest absolute Gasteiger partial charge is 0.545 e. The molecule has 0 aromatic heterocycles. The van der Waals surface area contributed by atoms with Crippen molar-refractivity contribution in [2.45, 2.75) is 83.9 Å². The molecule has 0 aliphatic carbocycles. The molecule has 0 heterocycles. The van der Waals surface area contributed by atoms with Crippen LogP contribution in [-0.4, -0.2) is 18.9 Å². The van der Waals surface area contributed by atoms with E-state index in [1.165, 1.54) is 44.9 Å². The van der Waals surface area contributed by atoms with Crippen molar-refractivity contribution in [3.63, 3.8) is 0 Å². The Bertz CT molecular complexity index is 573. The number of carboxylic acid groups (broad SMARTS) is 1. The molecule has 0 saturated heterocycles. The van der Waals surface area contributed by atoms with E-state index in [0.717, 1.165) is 37.5 Å². The molecule has 4 nitrogen and oxygen atoms in total. The predicted octanol–water partition coefficient (Wildman–Crippen LogP) is 5.64. The molecule has 0 saturated carbocycles. The fourth-order valence-corrected chi connectivity index (χ4v) is 2.94. The standard InChI is InChI=1S/C21H31F3O4/c1-2-3-4-5-6-7-8-9-10-11-12-15-27-19-16-17(28-21(22,23)24)13-14-18(19)20(25)26/h13-14,16H,2-12,15H2,1H3,(H,25,26)/p-1. The van der Waals surface area contributed by atoms with Crippen LogP contribution in [0.15, 0.2) is 18.2 Å². The minimum Gasteiger partial charge on any atom is -0.545 e. The lowest BCUT2D eigenvalue weighted by Crippen LogP contribution is -2.23. The molecular formula is C21H30F3O4-. The molecule has 0 spiro atoms. The van der Waals surface area contributed by atoms with Crippen LogP contribution >= 0.6 is 0 Å². The lowest BCUT2D eigenvalue weighted by Gasteiger charge is -2.15. The molecule has 28 heavy (non-hydrogen) atoms. The summed E-state index contributed by atoms with van der Waals surface area (Å²) < 4.78 is 46.1. The van der Waals surface area contributed by atoms with Crippen molar-refractivity contribution >= 4 is 5.97 Å². The third-order valence-corrected chi connectivity index (χ3v) is 4.41. The van der Waals surface area contributed by atoms with Gasteiger partial charge in [0.15, 0.2) is 0 Å². The SMILES string of the molecule is CCCCCCCCCCCCCOc1cc(OC(F)(F)F)ccc1C(=O)[O-].